The van der Waals surface area contributed by atoms with Crippen LogP contribution in [0.25, 0.3) is 0 Å². The van der Waals surface area contributed by atoms with Crippen molar-refractivity contribution in [1.29, 1.82) is 0 Å². The van der Waals surface area contributed by atoms with Crippen LogP contribution in [0.4, 0.5) is 0 Å². The first-order chi connectivity index (χ1) is 9.74. The van der Waals surface area contributed by atoms with E-state index in [0.717, 1.165) is 25.9 Å². The number of carbonyl (C=O) groups excluding carboxylic acids is 1. The van der Waals surface area contributed by atoms with Crippen molar-refractivity contribution in [2.75, 3.05) is 19.6 Å². The first-order valence-corrected chi connectivity index (χ1v) is 7.49. The van der Waals surface area contributed by atoms with E-state index in [4.69, 9.17) is 0 Å². The lowest BCUT2D eigenvalue weighted by Gasteiger charge is -2.33. The molecule has 1 aromatic rings. The van der Waals surface area contributed by atoms with Gasteiger partial charge in [-0.3, -0.25) is 4.79 Å². The maximum atomic E-state index is 12.3. The van der Waals surface area contributed by atoms with Crippen LogP contribution in [-0.4, -0.2) is 47.7 Å². The van der Waals surface area contributed by atoms with Gasteiger partial charge in [-0.05, 0) is 30.7 Å². The number of β-amino-alcohol motifs (C(OH)–C–C–N with tert-alkyl or cyclic N) is 1. The molecular formula is C16H22N2O2. The zero-order valence-electron chi connectivity index (χ0n) is 11.7. The van der Waals surface area contributed by atoms with Gasteiger partial charge in [0.05, 0.1) is 12.1 Å². The van der Waals surface area contributed by atoms with Crippen molar-refractivity contribution >= 4 is 5.91 Å². The van der Waals surface area contributed by atoms with Crippen LogP contribution < -0.4 is 5.32 Å². The monoisotopic (exact) mass is 274 g/mol. The number of nitrogens with zero attached hydrogens (tertiary/aromatic N) is 1. The molecule has 2 atom stereocenters. The number of rotatable bonds is 2. The van der Waals surface area contributed by atoms with Crippen molar-refractivity contribution in [2.24, 2.45) is 0 Å². The van der Waals surface area contributed by atoms with Gasteiger partial charge in [-0.2, -0.15) is 0 Å². The quantitative estimate of drug-likeness (QED) is 0.849. The third-order valence-electron chi connectivity index (χ3n) is 4.48. The molecule has 4 nitrogen and oxygen atoms in total. The lowest BCUT2D eigenvalue weighted by Crippen LogP contribution is -2.46. The second kappa shape index (κ2) is 5.94. The van der Waals surface area contributed by atoms with E-state index in [1.165, 1.54) is 5.56 Å². The van der Waals surface area contributed by atoms with Gasteiger partial charge in [-0.1, -0.05) is 30.3 Å². The SMILES string of the molecule is O=C([C@@H]1C[C@H](O)CN1)N1CCC(c2ccccc2)CC1. The van der Waals surface area contributed by atoms with Crippen LogP contribution in [0, 0.1) is 0 Å². The minimum atomic E-state index is -0.370. The number of hydrogen-bond donors (Lipinski definition) is 2. The normalized spacial score (nSPS) is 27.8. The standard InChI is InChI=1S/C16H22N2O2/c19-14-10-15(17-11-14)16(20)18-8-6-13(7-9-18)12-4-2-1-3-5-12/h1-5,13-15,17,19H,6-11H2/t14-,15-/m0/s1. The maximum Gasteiger partial charge on any atom is 0.239 e. The van der Waals surface area contributed by atoms with Gasteiger partial charge < -0.3 is 15.3 Å². The number of carbonyl (C=O) groups is 1. The van der Waals surface area contributed by atoms with E-state index in [9.17, 15) is 9.90 Å². The van der Waals surface area contributed by atoms with E-state index >= 15 is 0 Å². The lowest BCUT2D eigenvalue weighted by atomic mass is 9.89. The number of nitrogens with one attached hydrogen (secondary N) is 1. The Balaban J connectivity index is 1.55. The number of piperidine rings is 1. The molecule has 20 heavy (non-hydrogen) atoms. The molecule has 2 heterocycles. The minimum Gasteiger partial charge on any atom is -0.392 e. The fourth-order valence-corrected chi connectivity index (χ4v) is 3.28. The molecule has 2 aliphatic heterocycles. The van der Waals surface area contributed by atoms with Crippen molar-refractivity contribution in [3.05, 3.63) is 35.9 Å². The highest BCUT2D eigenvalue weighted by atomic mass is 16.3. The number of aliphatic hydroxyl groups is 1. The number of benzene rings is 1. The van der Waals surface area contributed by atoms with Crippen LogP contribution in [0.3, 0.4) is 0 Å². The molecule has 1 aromatic carbocycles. The summed E-state index contributed by atoms with van der Waals surface area (Å²) in [6.45, 7) is 2.19. The molecule has 2 N–H and O–H groups in total. The fourth-order valence-electron chi connectivity index (χ4n) is 3.28. The predicted molar refractivity (Wildman–Crippen MR) is 77.4 cm³/mol. The summed E-state index contributed by atoms with van der Waals surface area (Å²) in [5.74, 6) is 0.732. The van der Waals surface area contributed by atoms with E-state index in [1.54, 1.807) is 0 Å². The highest BCUT2D eigenvalue weighted by molar-refractivity contribution is 5.82. The smallest absolute Gasteiger partial charge is 0.239 e. The summed E-state index contributed by atoms with van der Waals surface area (Å²) in [5.41, 5.74) is 1.38. The summed E-state index contributed by atoms with van der Waals surface area (Å²) in [4.78, 5) is 14.3. The second-order valence-corrected chi connectivity index (χ2v) is 5.86. The van der Waals surface area contributed by atoms with Crippen molar-refractivity contribution in [3.63, 3.8) is 0 Å². The van der Waals surface area contributed by atoms with Gasteiger partial charge in [0.25, 0.3) is 0 Å². The van der Waals surface area contributed by atoms with Crippen LogP contribution in [0.15, 0.2) is 30.3 Å². The molecule has 2 fully saturated rings. The Hall–Kier alpha value is -1.39. The molecule has 3 rings (SSSR count). The Morgan fingerprint density at radius 3 is 2.50 bits per heavy atom. The fraction of sp³-hybridized carbons (Fsp3) is 0.562. The summed E-state index contributed by atoms with van der Waals surface area (Å²) in [5, 5.41) is 12.6. The Morgan fingerprint density at radius 2 is 1.90 bits per heavy atom. The Labute approximate surface area is 119 Å². The van der Waals surface area contributed by atoms with E-state index in [2.05, 4.69) is 29.6 Å². The second-order valence-electron chi connectivity index (χ2n) is 5.86. The minimum absolute atomic E-state index is 0.160. The van der Waals surface area contributed by atoms with Gasteiger partial charge in [0.15, 0.2) is 0 Å². The van der Waals surface area contributed by atoms with Crippen molar-refractivity contribution in [1.82, 2.24) is 10.2 Å². The van der Waals surface area contributed by atoms with E-state index in [-0.39, 0.29) is 18.1 Å². The zero-order chi connectivity index (χ0) is 13.9. The van der Waals surface area contributed by atoms with E-state index in [1.807, 2.05) is 11.0 Å². The topological polar surface area (TPSA) is 52.6 Å². The predicted octanol–water partition coefficient (Wildman–Crippen LogP) is 1.12. The molecule has 0 aromatic heterocycles. The van der Waals surface area contributed by atoms with Crippen molar-refractivity contribution < 1.29 is 9.90 Å². The third kappa shape index (κ3) is 2.86. The molecule has 0 unspecified atom stereocenters. The van der Waals surface area contributed by atoms with Gasteiger partial charge in [0, 0.05) is 19.6 Å². The first kappa shape index (κ1) is 13.6. The van der Waals surface area contributed by atoms with Crippen LogP contribution in [0.2, 0.25) is 0 Å². The molecule has 0 spiro atoms. The summed E-state index contributed by atoms with van der Waals surface area (Å²) >= 11 is 0. The average molecular weight is 274 g/mol. The van der Waals surface area contributed by atoms with E-state index in [0.29, 0.717) is 18.9 Å². The van der Waals surface area contributed by atoms with Gasteiger partial charge >= 0.3 is 0 Å². The summed E-state index contributed by atoms with van der Waals surface area (Å²) in [6, 6.07) is 10.4. The molecule has 2 saturated heterocycles. The van der Waals surface area contributed by atoms with Crippen molar-refractivity contribution in [3.8, 4) is 0 Å². The lowest BCUT2D eigenvalue weighted by molar-refractivity contribution is -0.134. The molecule has 4 heteroatoms. The largest absolute Gasteiger partial charge is 0.392 e. The third-order valence-corrected chi connectivity index (χ3v) is 4.48. The molecule has 0 bridgehead atoms. The number of hydrogen-bond acceptors (Lipinski definition) is 3. The molecule has 0 radical (unpaired) electrons. The van der Waals surface area contributed by atoms with Crippen LogP contribution in [-0.2, 0) is 4.79 Å². The molecule has 1 amide bonds. The van der Waals surface area contributed by atoms with Crippen LogP contribution in [0.1, 0.15) is 30.7 Å². The molecule has 108 valence electrons. The molecular weight excluding hydrogens is 252 g/mol. The first-order valence-electron chi connectivity index (χ1n) is 7.49. The summed E-state index contributed by atoms with van der Waals surface area (Å²) in [6.07, 6.45) is 2.25. The highest BCUT2D eigenvalue weighted by Gasteiger charge is 2.33. The summed E-state index contributed by atoms with van der Waals surface area (Å²) < 4.78 is 0. The van der Waals surface area contributed by atoms with Gasteiger partial charge in [0.1, 0.15) is 0 Å². The number of aliphatic hydroxyl groups excluding tert-OH is 1. The molecule has 0 aliphatic carbocycles. The highest BCUT2D eigenvalue weighted by Crippen LogP contribution is 2.28. The zero-order valence-corrected chi connectivity index (χ0v) is 11.7. The number of amides is 1. The van der Waals surface area contributed by atoms with Crippen LogP contribution >= 0.6 is 0 Å². The number of likely N-dealkylation sites (tertiary alicyclic amines) is 1. The Bertz CT molecular complexity index is 455. The maximum absolute atomic E-state index is 12.3. The van der Waals surface area contributed by atoms with Gasteiger partial charge in [-0.25, -0.2) is 0 Å². The summed E-state index contributed by atoms with van der Waals surface area (Å²) in [7, 11) is 0. The average Bonchev–Trinajstić information content (AvgIpc) is 2.94. The van der Waals surface area contributed by atoms with Gasteiger partial charge in [-0.15, -0.1) is 0 Å². The van der Waals surface area contributed by atoms with Crippen molar-refractivity contribution in [2.45, 2.75) is 37.3 Å². The van der Waals surface area contributed by atoms with E-state index < -0.39 is 0 Å². The molecule has 0 saturated carbocycles. The van der Waals surface area contributed by atoms with Crippen LogP contribution in [0.5, 0.6) is 0 Å². The van der Waals surface area contributed by atoms with Gasteiger partial charge in [0.2, 0.25) is 5.91 Å². The molecule has 2 aliphatic rings. The Morgan fingerprint density at radius 1 is 1.20 bits per heavy atom. The Kier molecular flexibility index (Phi) is 4.03.